The number of hydrogen-bond acceptors (Lipinski definition) is 10. The molecule has 4 rings (SSSR count). The minimum Gasteiger partial charge on any atom is -0.510 e. The van der Waals surface area contributed by atoms with Crippen LogP contribution in [0.2, 0.25) is 0 Å². The molecule has 0 aromatic heterocycles. The number of phenols is 1. The molecule has 0 fully saturated rings. The zero-order valence-electron chi connectivity index (χ0n) is 22.2. The summed E-state index contributed by atoms with van der Waals surface area (Å²) in [7, 11) is 6.81. The summed E-state index contributed by atoms with van der Waals surface area (Å²) in [4.78, 5) is 42.8. The zero-order valence-corrected chi connectivity index (χ0v) is 22.2. The highest BCUT2D eigenvalue weighted by Gasteiger charge is 2.63. The van der Waals surface area contributed by atoms with Gasteiger partial charge in [0.05, 0.1) is 18.2 Å². The number of Topliss-reactive ketones (excluding diaryl/α,β-unsaturated/α-hetero) is 2. The number of aliphatic hydroxyl groups excluding tert-OH is 2. The summed E-state index contributed by atoms with van der Waals surface area (Å²) in [6.07, 6.45) is 1.04. The van der Waals surface area contributed by atoms with Gasteiger partial charge in [-0.15, -0.1) is 0 Å². The number of fused-ring (bicyclic) bond motifs is 3. The van der Waals surface area contributed by atoms with Crippen LogP contribution in [0.15, 0.2) is 28.7 Å². The molecule has 0 radical (unpaired) electrons. The molecule has 0 saturated carbocycles. The summed E-state index contributed by atoms with van der Waals surface area (Å²) in [6, 6.07) is 0.742. The number of benzene rings is 1. The molecule has 0 spiro atoms. The van der Waals surface area contributed by atoms with E-state index >= 15 is 0 Å². The predicted octanol–water partition coefficient (Wildman–Crippen LogP) is 1.11. The maximum Gasteiger partial charge on any atom is 0.255 e. The Kier molecular flexibility index (Phi) is 7.06. The van der Waals surface area contributed by atoms with Gasteiger partial charge in [-0.25, -0.2) is 0 Å². The normalized spacial score (nSPS) is 26.9. The van der Waals surface area contributed by atoms with Gasteiger partial charge in [-0.3, -0.25) is 19.3 Å². The van der Waals surface area contributed by atoms with Gasteiger partial charge in [0.1, 0.15) is 22.8 Å². The van der Waals surface area contributed by atoms with E-state index in [1.165, 1.54) is 4.90 Å². The molecule has 11 nitrogen and oxygen atoms in total. The highest BCUT2D eigenvalue weighted by molar-refractivity contribution is 6.24. The van der Waals surface area contributed by atoms with Crippen LogP contribution in [-0.4, -0.2) is 89.2 Å². The van der Waals surface area contributed by atoms with E-state index in [0.717, 1.165) is 6.42 Å². The molecule has 0 aliphatic heterocycles. The largest absolute Gasteiger partial charge is 0.510 e. The molecule has 1 aromatic carbocycles. The van der Waals surface area contributed by atoms with Crippen molar-refractivity contribution in [1.29, 1.82) is 0 Å². The summed E-state index contributed by atoms with van der Waals surface area (Å²) >= 11 is 0. The van der Waals surface area contributed by atoms with Crippen LogP contribution in [-0.2, 0) is 27.4 Å². The molecule has 3 aliphatic rings. The maximum absolute atomic E-state index is 13.9. The Hall–Kier alpha value is -3.41. The first-order valence-electron chi connectivity index (χ1n) is 12.6. The molecule has 6 N–H and O–H groups in total. The molecule has 4 atom stereocenters. The van der Waals surface area contributed by atoms with Crippen molar-refractivity contribution in [1.82, 2.24) is 4.90 Å². The van der Waals surface area contributed by atoms with Gasteiger partial charge < -0.3 is 35.8 Å². The summed E-state index contributed by atoms with van der Waals surface area (Å²) in [5.41, 5.74) is 3.34. The fraction of sp³-hybridized carbons (Fsp3) is 0.519. The van der Waals surface area contributed by atoms with Gasteiger partial charge in [-0.2, -0.15) is 0 Å². The van der Waals surface area contributed by atoms with E-state index in [1.54, 1.807) is 20.2 Å². The number of ether oxygens (including phenoxy) is 1. The molecular weight excluding hydrogens is 494 g/mol. The van der Waals surface area contributed by atoms with Gasteiger partial charge >= 0.3 is 0 Å². The first kappa shape index (κ1) is 27.6. The van der Waals surface area contributed by atoms with Crippen molar-refractivity contribution in [2.45, 2.75) is 44.4 Å². The lowest BCUT2D eigenvalue weighted by Gasteiger charge is -2.50. The van der Waals surface area contributed by atoms with Crippen molar-refractivity contribution in [2.24, 2.45) is 17.6 Å². The summed E-state index contributed by atoms with van der Waals surface area (Å²) in [6.45, 7) is 2.47. The molecule has 38 heavy (non-hydrogen) atoms. The first-order chi connectivity index (χ1) is 17.8. The Morgan fingerprint density at radius 3 is 2.39 bits per heavy atom. The Labute approximate surface area is 220 Å². The number of hydrogen-bond donors (Lipinski definition) is 5. The number of amides is 1. The Bertz CT molecular complexity index is 1280. The van der Waals surface area contributed by atoms with Crippen molar-refractivity contribution in [3.05, 3.63) is 45.4 Å². The summed E-state index contributed by atoms with van der Waals surface area (Å²) in [5, 5.41) is 45.1. The van der Waals surface area contributed by atoms with Crippen LogP contribution < -0.4 is 10.6 Å². The van der Waals surface area contributed by atoms with Crippen molar-refractivity contribution >= 4 is 23.2 Å². The number of aromatic hydroxyl groups is 1. The van der Waals surface area contributed by atoms with E-state index in [9.17, 15) is 34.8 Å². The highest BCUT2D eigenvalue weighted by Crippen LogP contribution is 2.53. The van der Waals surface area contributed by atoms with Crippen molar-refractivity contribution < 1.29 is 39.5 Å². The quantitative estimate of drug-likeness (QED) is 0.254. The molecule has 206 valence electrons. The molecular formula is C27H35N3O8. The lowest BCUT2D eigenvalue weighted by Crippen LogP contribution is -2.63. The molecule has 0 heterocycles. The van der Waals surface area contributed by atoms with Gasteiger partial charge in [0.15, 0.2) is 11.4 Å². The van der Waals surface area contributed by atoms with Crippen molar-refractivity contribution in [2.75, 3.05) is 39.7 Å². The Morgan fingerprint density at radius 2 is 1.84 bits per heavy atom. The van der Waals surface area contributed by atoms with Crippen LogP contribution in [0.5, 0.6) is 5.75 Å². The van der Waals surface area contributed by atoms with Crippen LogP contribution in [0.4, 0.5) is 5.69 Å². The standard InChI is InChI=1S/C27H35N3O8/c1-6-7-38-11-13-10-16(29(2)3)14-8-12-9-15-20(30(4)5)23(33)19(26(28)36)25(35)27(15,37)24(34)17(12)22(32)18(14)21(13)31/h10,12,15,20,31,33-34,37H,6-9,11H2,1-5H3,(H2,28,36)/t12-,15-,20-,27-/m0/s1. The molecule has 0 bridgehead atoms. The second-order valence-electron chi connectivity index (χ2n) is 10.7. The van der Waals surface area contributed by atoms with E-state index in [2.05, 4.69) is 0 Å². The van der Waals surface area contributed by atoms with Crippen LogP contribution in [0.25, 0.3) is 0 Å². The number of carbonyl (C=O) groups excluding carboxylic acids is 3. The van der Waals surface area contributed by atoms with Crippen LogP contribution in [0, 0.1) is 11.8 Å². The summed E-state index contributed by atoms with van der Waals surface area (Å²) in [5.74, 6) is -6.67. The fourth-order valence-electron chi connectivity index (χ4n) is 6.19. The SMILES string of the molecule is CCCOCc1cc(N(C)C)c2c(c1O)C(=O)C1=C(O)[C@]3(O)C(=O)C(C(N)=O)=C(O)[C@@H](N(C)C)[C@@H]3C[C@@H]1C2. The number of phenolic OH excluding ortho intramolecular Hbond substituents is 1. The second-order valence-corrected chi connectivity index (χ2v) is 10.7. The van der Waals surface area contributed by atoms with Crippen LogP contribution in [0.3, 0.4) is 0 Å². The number of aliphatic hydroxyl groups is 3. The third-order valence-corrected chi connectivity index (χ3v) is 7.87. The Morgan fingerprint density at radius 1 is 1.18 bits per heavy atom. The number of allylic oxidation sites excluding steroid dienone is 1. The average molecular weight is 530 g/mol. The van der Waals surface area contributed by atoms with Crippen molar-refractivity contribution in [3.63, 3.8) is 0 Å². The summed E-state index contributed by atoms with van der Waals surface area (Å²) < 4.78 is 5.60. The van der Waals surface area contributed by atoms with Gasteiger partial charge in [0.2, 0.25) is 5.78 Å². The number of primary amides is 1. The third kappa shape index (κ3) is 3.88. The maximum atomic E-state index is 13.9. The molecule has 11 heteroatoms. The number of nitrogens with two attached hydrogens (primary N) is 1. The van der Waals surface area contributed by atoms with Gasteiger partial charge in [0, 0.05) is 43.4 Å². The van der Waals surface area contributed by atoms with Crippen LogP contribution in [0.1, 0.15) is 41.3 Å². The zero-order chi connectivity index (χ0) is 28.3. The molecule has 0 saturated heterocycles. The topological polar surface area (TPSA) is 174 Å². The smallest absolute Gasteiger partial charge is 0.255 e. The molecule has 1 amide bonds. The van der Waals surface area contributed by atoms with E-state index in [-0.39, 0.29) is 36.3 Å². The lowest BCUT2D eigenvalue weighted by molar-refractivity contribution is -0.148. The van der Waals surface area contributed by atoms with E-state index < -0.39 is 58.0 Å². The minimum atomic E-state index is -2.66. The highest BCUT2D eigenvalue weighted by atomic mass is 16.5. The van der Waals surface area contributed by atoms with E-state index in [4.69, 9.17) is 10.5 Å². The Balaban J connectivity index is 1.93. The van der Waals surface area contributed by atoms with Gasteiger partial charge in [-0.1, -0.05) is 6.92 Å². The number of rotatable bonds is 7. The minimum absolute atomic E-state index is 0.0212. The van der Waals surface area contributed by atoms with E-state index in [1.807, 2.05) is 25.9 Å². The predicted molar refractivity (Wildman–Crippen MR) is 138 cm³/mol. The number of carbonyl (C=O) groups is 3. The first-order valence-corrected chi connectivity index (χ1v) is 12.6. The van der Waals surface area contributed by atoms with Crippen LogP contribution >= 0.6 is 0 Å². The van der Waals surface area contributed by atoms with E-state index in [0.29, 0.717) is 23.4 Å². The third-order valence-electron chi connectivity index (χ3n) is 7.87. The fourth-order valence-corrected chi connectivity index (χ4v) is 6.19. The van der Waals surface area contributed by atoms with Crippen molar-refractivity contribution in [3.8, 4) is 5.75 Å². The number of likely N-dealkylation sites (N-methyl/N-ethyl adjacent to an activating group) is 1. The second kappa shape index (κ2) is 9.72. The number of nitrogens with zero attached hydrogens (tertiary/aromatic N) is 2. The average Bonchev–Trinajstić information content (AvgIpc) is 2.82. The molecule has 1 aromatic rings. The molecule has 3 aliphatic carbocycles. The monoisotopic (exact) mass is 529 g/mol. The molecule has 0 unspecified atom stereocenters. The van der Waals surface area contributed by atoms with Gasteiger partial charge in [0.25, 0.3) is 5.91 Å². The lowest BCUT2D eigenvalue weighted by atomic mass is 9.58. The number of anilines is 1. The van der Waals surface area contributed by atoms with Gasteiger partial charge in [-0.05, 0) is 50.9 Å². The number of ketones is 2.